The Morgan fingerprint density at radius 1 is 1.12 bits per heavy atom. The van der Waals surface area contributed by atoms with E-state index in [1.165, 1.54) is 0 Å². The standard InChI is InChI=1S/C18H24BN3O2/c1-17(2)18(3,4)24-19(23-17)13(10-20)9-12-11-22-16(21)15-8-6-5-7-14(12)15/h5-9,11H,10,20H2,1-4H3,(H2,21,22). The van der Waals surface area contributed by atoms with Crippen LogP contribution in [0.25, 0.3) is 16.8 Å². The smallest absolute Gasteiger partial charge is 0.400 e. The zero-order chi connectivity index (χ0) is 17.5. The van der Waals surface area contributed by atoms with Gasteiger partial charge < -0.3 is 20.8 Å². The van der Waals surface area contributed by atoms with Gasteiger partial charge in [0, 0.05) is 23.7 Å². The van der Waals surface area contributed by atoms with Crippen LogP contribution >= 0.6 is 0 Å². The molecule has 1 saturated heterocycles. The zero-order valence-corrected chi connectivity index (χ0v) is 14.7. The van der Waals surface area contributed by atoms with Gasteiger partial charge in [-0.05, 0) is 38.6 Å². The van der Waals surface area contributed by atoms with E-state index in [1.54, 1.807) is 6.20 Å². The minimum atomic E-state index is -0.462. The maximum Gasteiger partial charge on any atom is 0.491 e. The van der Waals surface area contributed by atoms with E-state index in [1.807, 2.05) is 58.0 Å². The summed E-state index contributed by atoms with van der Waals surface area (Å²) in [5.41, 5.74) is 13.0. The first kappa shape index (κ1) is 17.0. The van der Waals surface area contributed by atoms with Crippen molar-refractivity contribution in [1.29, 1.82) is 0 Å². The lowest BCUT2D eigenvalue weighted by Gasteiger charge is -2.32. The Bertz CT molecular complexity index is 786. The van der Waals surface area contributed by atoms with Crippen LogP contribution in [0.15, 0.2) is 35.9 Å². The van der Waals surface area contributed by atoms with Crippen molar-refractivity contribution in [1.82, 2.24) is 4.98 Å². The molecule has 3 rings (SSSR count). The molecule has 6 heteroatoms. The minimum Gasteiger partial charge on any atom is -0.400 e. The van der Waals surface area contributed by atoms with Gasteiger partial charge in [-0.15, -0.1) is 0 Å². The highest BCUT2D eigenvalue weighted by atomic mass is 16.7. The number of hydrogen-bond acceptors (Lipinski definition) is 5. The number of aromatic nitrogens is 1. The van der Waals surface area contributed by atoms with Crippen LogP contribution in [-0.4, -0.2) is 29.8 Å². The lowest BCUT2D eigenvalue weighted by atomic mass is 9.77. The van der Waals surface area contributed by atoms with Gasteiger partial charge in [-0.1, -0.05) is 30.3 Å². The van der Waals surface area contributed by atoms with Crippen LogP contribution in [0.2, 0.25) is 0 Å². The SMILES string of the molecule is CC1(C)OB(C(=Cc2cnc(N)c3ccccc23)CN)OC1(C)C. The largest absolute Gasteiger partial charge is 0.491 e. The molecule has 1 aliphatic heterocycles. The van der Waals surface area contributed by atoms with E-state index in [2.05, 4.69) is 4.98 Å². The van der Waals surface area contributed by atoms with Crippen molar-refractivity contribution in [2.75, 3.05) is 12.3 Å². The predicted molar refractivity (Wildman–Crippen MR) is 99.3 cm³/mol. The number of pyridine rings is 1. The summed E-state index contributed by atoms with van der Waals surface area (Å²) in [6.45, 7) is 8.46. The van der Waals surface area contributed by atoms with Crippen LogP contribution in [0, 0.1) is 0 Å². The highest BCUT2D eigenvalue weighted by Crippen LogP contribution is 2.39. The molecule has 0 saturated carbocycles. The average molecular weight is 325 g/mol. The molecule has 24 heavy (non-hydrogen) atoms. The maximum absolute atomic E-state index is 6.11. The molecule has 1 aromatic heterocycles. The highest BCUT2D eigenvalue weighted by Gasteiger charge is 2.52. The third-order valence-corrected chi connectivity index (χ3v) is 4.99. The van der Waals surface area contributed by atoms with E-state index in [9.17, 15) is 0 Å². The molecule has 1 aliphatic rings. The Morgan fingerprint density at radius 2 is 1.71 bits per heavy atom. The number of nitrogens with zero attached hydrogens (tertiary/aromatic N) is 1. The van der Waals surface area contributed by atoms with Gasteiger partial charge in [0.1, 0.15) is 5.82 Å². The normalized spacial score (nSPS) is 19.9. The van der Waals surface area contributed by atoms with Gasteiger partial charge in [0.05, 0.1) is 11.2 Å². The Balaban J connectivity index is 2.03. The first-order valence-corrected chi connectivity index (χ1v) is 8.14. The van der Waals surface area contributed by atoms with Crippen molar-refractivity contribution in [3.05, 3.63) is 41.5 Å². The molecule has 126 valence electrons. The van der Waals surface area contributed by atoms with Gasteiger partial charge >= 0.3 is 7.12 Å². The maximum atomic E-state index is 6.11. The summed E-state index contributed by atoms with van der Waals surface area (Å²) in [7, 11) is -0.462. The molecule has 0 bridgehead atoms. The zero-order valence-electron chi connectivity index (χ0n) is 14.7. The number of hydrogen-bond donors (Lipinski definition) is 2. The van der Waals surface area contributed by atoms with Crippen molar-refractivity contribution in [2.24, 2.45) is 5.73 Å². The van der Waals surface area contributed by atoms with Crippen molar-refractivity contribution >= 4 is 29.8 Å². The molecule has 2 aromatic rings. The summed E-state index contributed by atoms with van der Waals surface area (Å²) >= 11 is 0. The lowest BCUT2D eigenvalue weighted by molar-refractivity contribution is 0.00578. The lowest BCUT2D eigenvalue weighted by Crippen LogP contribution is -2.41. The molecular formula is C18H24BN3O2. The first-order chi connectivity index (χ1) is 11.2. The molecule has 2 heterocycles. The van der Waals surface area contributed by atoms with Crippen molar-refractivity contribution < 1.29 is 9.31 Å². The second kappa shape index (κ2) is 5.88. The molecule has 1 aromatic carbocycles. The molecule has 4 N–H and O–H groups in total. The fourth-order valence-electron chi connectivity index (χ4n) is 2.77. The second-order valence-corrected chi connectivity index (χ2v) is 7.16. The van der Waals surface area contributed by atoms with Crippen LogP contribution in [0.4, 0.5) is 5.82 Å². The monoisotopic (exact) mass is 325 g/mol. The van der Waals surface area contributed by atoms with Crippen molar-refractivity contribution in [3.8, 4) is 0 Å². The van der Waals surface area contributed by atoms with Gasteiger partial charge in [-0.3, -0.25) is 0 Å². The molecule has 0 spiro atoms. The molecule has 0 amide bonds. The molecule has 0 unspecified atom stereocenters. The summed E-state index contributed by atoms with van der Waals surface area (Å²) < 4.78 is 12.2. The van der Waals surface area contributed by atoms with Gasteiger partial charge in [0.2, 0.25) is 0 Å². The average Bonchev–Trinajstić information content (AvgIpc) is 2.75. The molecule has 1 fully saturated rings. The van der Waals surface area contributed by atoms with E-state index >= 15 is 0 Å². The first-order valence-electron chi connectivity index (χ1n) is 8.14. The molecular weight excluding hydrogens is 301 g/mol. The molecule has 0 radical (unpaired) electrons. The third kappa shape index (κ3) is 2.81. The Morgan fingerprint density at radius 3 is 2.29 bits per heavy atom. The quantitative estimate of drug-likeness (QED) is 0.848. The number of rotatable bonds is 3. The van der Waals surface area contributed by atoms with Crippen LogP contribution in [0.3, 0.4) is 0 Å². The molecule has 0 atom stereocenters. The van der Waals surface area contributed by atoms with Crippen molar-refractivity contribution in [2.45, 2.75) is 38.9 Å². The van der Waals surface area contributed by atoms with Crippen LogP contribution < -0.4 is 11.5 Å². The van der Waals surface area contributed by atoms with Gasteiger partial charge in [-0.25, -0.2) is 4.98 Å². The van der Waals surface area contributed by atoms with Gasteiger partial charge in [0.15, 0.2) is 0 Å². The van der Waals surface area contributed by atoms with E-state index in [0.717, 1.165) is 21.8 Å². The van der Waals surface area contributed by atoms with Crippen LogP contribution in [0.5, 0.6) is 0 Å². The Hall–Kier alpha value is -1.89. The summed E-state index contributed by atoms with van der Waals surface area (Å²) in [5, 5.41) is 1.96. The number of nitrogen functional groups attached to an aromatic ring is 1. The fourth-order valence-corrected chi connectivity index (χ4v) is 2.77. The van der Waals surface area contributed by atoms with Gasteiger partial charge in [-0.2, -0.15) is 0 Å². The van der Waals surface area contributed by atoms with E-state index in [4.69, 9.17) is 20.8 Å². The summed E-state index contributed by atoms with van der Waals surface area (Å²) in [4.78, 5) is 4.29. The molecule has 0 aliphatic carbocycles. The number of fused-ring (bicyclic) bond motifs is 1. The number of nitrogens with two attached hydrogens (primary N) is 2. The molecule has 5 nitrogen and oxygen atoms in total. The minimum absolute atomic E-state index is 0.343. The number of benzene rings is 1. The Kier molecular flexibility index (Phi) is 4.15. The second-order valence-electron chi connectivity index (χ2n) is 7.16. The summed E-state index contributed by atoms with van der Waals surface area (Å²) in [6, 6.07) is 7.92. The summed E-state index contributed by atoms with van der Waals surface area (Å²) in [6.07, 6.45) is 3.76. The van der Waals surface area contributed by atoms with E-state index in [0.29, 0.717) is 12.4 Å². The van der Waals surface area contributed by atoms with E-state index in [-0.39, 0.29) is 0 Å². The Labute approximate surface area is 143 Å². The highest BCUT2D eigenvalue weighted by molar-refractivity contribution is 6.56. The van der Waals surface area contributed by atoms with E-state index < -0.39 is 18.3 Å². The van der Waals surface area contributed by atoms with Crippen molar-refractivity contribution in [3.63, 3.8) is 0 Å². The third-order valence-electron chi connectivity index (χ3n) is 4.99. The van der Waals surface area contributed by atoms with Crippen LogP contribution in [0.1, 0.15) is 33.3 Å². The summed E-state index contributed by atoms with van der Waals surface area (Å²) in [5.74, 6) is 0.521. The fraction of sp³-hybridized carbons (Fsp3) is 0.389. The van der Waals surface area contributed by atoms with Crippen LogP contribution in [-0.2, 0) is 9.31 Å². The predicted octanol–water partition coefficient (Wildman–Crippen LogP) is 2.79. The topological polar surface area (TPSA) is 83.4 Å². The number of anilines is 1. The van der Waals surface area contributed by atoms with Gasteiger partial charge in [0.25, 0.3) is 0 Å².